The Morgan fingerprint density at radius 2 is 1.83 bits per heavy atom. The van der Waals surface area contributed by atoms with Gasteiger partial charge in [-0.05, 0) is 42.8 Å². The zero-order valence-corrected chi connectivity index (χ0v) is 13.0. The van der Waals surface area contributed by atoms with E-state index in [1.807, 2.05) is 25.1 Å². The van der Waals surface area contributed by atoms with Crippen molar-refractivity contribution in [1.82, 2.24) is 0 Å². The first-order chi connectivity index (χ1) is 11.1. The van der Waals surface area contributed by atoms with Gasteiger partial charge in [0, 0.05) is 5.56 Å². The van der Waals surface area contributed by atoms with Crippen LogP contribution in [-0.4, -0.2) is 25.5 Å². The van der Waals surface area contributed by atoms with E-state index in [0.717, 1.165) is 5.56 Å². The van der Waals surface area contributed by atoms with E-state index in [9.17, 15) is 4.79 Å². The number of amidine groups is 1. The van der Waals surface area contributed by atoms with Crippen LogP contribution in [0, 0.1) is 6.92 Å². The molecule has 0 aliphatic rings. The Hall–Kier alpha value is -3.02. The summed E-state index contributed by atoms with van der Waals surface area (Å²) >= 11 is 0. The summed E-state index contributed by atoms with van der Waals surface area (Å²) in [5.41, 5.74) is 7.31. The van der Waals surface area contributed by atoms with Crippen molar-refractivity contribution in [3.8, 4) is 11.5 Å². The second-order valence-electron chi connectivity index (χ2n) is 4.72. The Bertz CT molecular complexity index is 696. The number of rotatable bonds is 6. The molecule has 0 amide bonds. The van der Waals surface area contributed by atoms with Gasteiger partial charge in [0.1, 0.15) is 11.5 Å². The molecule has 0 saturated carbocycles. The largest absolute Gasteiger partial charge is 0.497 e. The topological polar surface area (TPSA) is 83.1 Å². The Balaban J connectivity index is 1.88. The van der Waals surface area contributed by atoms with Crippen LogP contribution < -0.4 is 15.2 Å². The number of oxime groups is 1. The van der Waals surface area contributed by atoms with Crippen molar-refractivity contribution in [1.29, 1.82) is 0 Å². The van der Waals surface area contributed by atoms with Gasteiger partial charge in [-0.2, -0.15) is 0 Å². The Morgan fingerprint density at radius 1 is 1.13 bits per heavy atom. The van der Waals surface area contributed by atoms with Crippen molar-refractivity contribution in [3.63, 3.8) is 0 Å². The fourth-order valence-corrected chi connectivity index (χ4v) is 1.80. The van der Waals surface area contributed by atoms with Crippen molar-refractivity contribution >= 4 is 11.8 Å². The molecule has 2 rings (SSSR count). The second kappa shape index (κ2) is 7.84. The lowest BCUT2D eigenvalue weighted by Crippen LogP contribution is -2.18. The van der Waals surface area contributed by atoms with Crippen molar-refractivity contribution in [2.75, 3.05) is 13.7 Å². The lowest BCUT2D eigenvalue weighted by Gasteiger charge is -2.07. The number of ether oxygens (including phenoxy) is 2. The highest BCUT2D eigenvalue weighted by molar-refractivity contribution is 5.97. The van der Waals surface area contributed by atoms with Gasteiger partial charge in [-0.1, -0.05) is 23.4 Å². The van der Waals surface area contributed by atoms with Gasteiger partial charge in [-0.25, -0.2) is 4.79 Å². The van der Waals surface area contributed by atoms with E-state index in [4.69, 9.17) is 20.0 Å². The van der Waals surface area contributed by atoms with E-state index in [-0.39, 0.29) is 12.4 Å². The summed E-state index contributed by atoms with van der Waals surface area (Å²) in [5.74, 6) is 0.781. The molecule has 6 heteroatoms. The van der Waals surface area contributed by atoms with E-state index in [1.54, 1.807) is 37.4 Å². The number of nitrogens with two attached hydrogens (primary N) is 1. The normalized spacial score (nSPS) is 11.0. The number of methoxy groups -OCH3 is 1. The van der Waals surface area contributed by atoms with Crippen LogP contribution in [0.3, 0.4) is 0 Å². The Kier molecular flexibility index (Phi) is 5.57. The van der Waals surface area contributed by atoms with Gasteiger partial charge in [0.2, 0.25) is 0 Å². The molecule has 23 heavy (non-hydrogen) atoms. The molecule has 0 unspecified atom stereocenters. The molecular formula is C17H18N2O4. The molecule has 0 fully saturated rings. The van der Waals surface area contributed by atoms with E-state index < -0.39 is 5.97 Å². The van der Waals surface area contributed by atoms with Gasteiger partial charge in [-0.3, -0.25) is 0 Å². The first-order valence-electron chi connectivity index (χ1n) is 6.96. The Labute approximate surface area is 134 Å². The van der Waals surface area contributed by atoms with E-state index >= 15 is 0 Å². The molecule has 6 nitrogen and oxygen atoms in total. The minimum Gasteiger partial charge on any atom is -0.497 e. The van der Waals surface area contributed by atoms with Gasteiger partial charge >= 0.3 is 5.97 Å². The number of hydrogen-bond acceptors (Lipinski definition) is 5. The molecule has 0 bridgehead atoms. The van der Waals surface area contributed by atoms with Gasteiger partial charge in [-0.15, -0.1) is 0 Å². The van der Waals surface area contributed by atoms with Crippen LogP contribution in [-0.2, 0) is 9.63 Å². The van der Waals surface area contributed by atoms with Crippen LogP contribution in [0.1, 0.15) is 11.1 Å². The third kappa shape index (κ3) is 4.74. The molecule has 0 spiro atoms. The van der Waals surface area contributed by atoms with Crippen LogP contribution in [0.5, 0.6) is 11.5 Å². The molecule has 0 saturated heterocycles. The lowest BCUT2D eigenvalue weighted by atomic mass is 10.2. The second-order valence-corrected chi connectivity index (χ2v) is 4.72. The first-order valence-corrected chi connectivity index (χ1v) is 6.96. The fourth-order valence-electron chi connectivity index (χ4n) is 1.80. The fraction of sp³-hybridized carbons (Fsp3) is 0.176. The maximum atomic E-state index is 11.6. The quantitative estimate of drug-likeness (QED) is 0.383. The zero-order valence-electron chi connectivity index (χ0n) is 13.0. The van der Waals surface area contributed by atoms with E-state index in [0.29, 0.717) is 17.1 Å². The minimum absolute atomic E-state index is 0.0943. The molecule has 0 aliphatic heterocycles. The molecular weight excluding hydrogens is 296 g/mol. The number of carbonyl (C=O) groups is 1. The van der Waals surface area contributed by atoms with Crippen molar-refractivity contribution in [2.24, 2.45) is 10.9 Å². The number of hydrogen-bond donors (Lipinski definition) is 1. The third-order valence-corrected chi connectivity index (χ3v) is 3.07. The SMILES string of the molecule is COc1ccc(/C(N)=N/OC(=O)COc2ccccc2C)cc1. The summed E-state index contributed by atoms with van der Waals surface area (Å²) in [6.07, 6.45) is 0. The molecule has 0 radical (unpaired) electrons. The summed E-state index contributed by atoms with van der Waals surface area (Å²) < 4.78 is 10.4. The molecule has 0 aliphatic carbocycles. The maximum absolute atomic E-state index is 11.6. The molecule has 120 valence electrons. The Morgan fingerprint density at radius 3 is 2.48 bits per heavy atom. The van der Waals surface area contributed by atoms with E-state index in [1.165, 1.54) is 0 Å². The predicted molar refractivity (Wildman–Crippen MR) is 86.5 cm³/mol. The molecule has 2 N–H and O–H groups in total. The van der Waals surface area contributed by atoms with Gasteiger partial charge in [0.05, 0.1) is 7.11 Å². The highest BCUT2D eigenvalue weighted by atomic mass is 16.7. The highest BCUT2D eigenvalue weighted by Gasteiger charge is 2.07. The third-order valence-electron chi connectivity index (χ3n) is 3.07. The average molecular weight is 314 g/mol. The van der Waals surface area contributed by atoms with Crippen LogP contribution in [0.15, 0.2) is 53.7 Å². The summed E-state index contributed by atoms with van der Waals surface area (Å²) in [7, 11) is 1.57. The predicted octanol–water partition coefficient (Wildman–Crippen LogP) is 2.25. The number of para-hydroxylation sites is 1. The van der Waals surface area contributed by atoms with Crippen LogP contribution in [0.25, 0.3) is 0 Å². The molecule has 2 aromatic rings. The summed E-state index contributed by atoms with van der Waals surface area (Å²) in [6, 6.07) is 14.3. The number of benzene rings is 2. The molecule has 0 heterocycles. The number of carbonyl (C=O) groups excluding carboxylic acids is 1. The van der Waals surface area contributed by atoms with Gasteiger partial charge in [0.15, 0.2) is 12.4 Å². The summed E-state index contributed by atoms with van der Waals surface area (Å²) in [4.78, 5) is 16.4. The van der Waals surface area contributed by atoms with Crippen LogP contribution in [0.2, 0.25) is 0 Å². The van der Waals surface area contributed by atoms with Crippen molar-refractivity contribution in [3.05, 3.63) is 59.7 Å². The van der Waals surface area contributed by atoms with Crippen LogP contribution >= 0.6 is 0 Å². The highest BCUT2D eigenvalue weighted by Crippen LogP contribution is 2.16. The number of nitrogens with zero attached hydrogens (tertiary/aromatic N) is 1. The maximum Gasteiger partial charge on any atom is 0.372 e. The van der Waals surface area contributed by atoms with E-state index in [2.05, 4.69) is 5.16 Å². The number of aryl methyl sites for hydroxylation is 1. The average Bonchev–Trinajstić information content (AvgIpc) is 2.59. The van der Waals surface area contributed by atoms with Gasteiger partial charge < -0.3 is 20.0 Å². The lowest BCUT2D eigenvalue weighted by molar-refractivity contribution is -0.146. The first kappa shape index (κ1) is 16.4. The van der Waals surface area contributed by atoms with Crippen molar-refractivity contribution < 1.29 is 19.1 Å². The molecule has 0 aromatic heterocycles. The summed E-state index contributed by atoms with van der Waals surface area (Å²) in [5, 5.41) is 3.61. The molecule has 0 atom stereocenters. The standard InChI is InChI=1S/C17H18N2O4/c1-12-5-3-4-6-15(12)22-11-16(20)23-19-17(18)13-7-9-14(21-2)10-8-13/h3-10H,11H2,1-2H3,(H2,18,19). The summed E-state index contributed by atoms with van der Waals surface area (Å²) in [6.45, 7) is 1.64. The zero-order chi connectivity index (χ0) is 16.7. The van der Waals surface area contributed by atoms with Crippen LogP contribution in [0.4, 0.5) is 0 Å². The minimum atomic E-state index is -0.635. The van der Waals surface area contributed by atoms with Gasteiger partial charge in [0.25, 0.3) is 0 Å². The smallest absolute Gasteiger partial charge is 0.372 e. The monoisotopic (exact) mass is 314 g/mol. The molecule has 2 aromatic carbocycles. The van der Waals surface area contributed by atoms with Crippen molar-refractivity contribution in [2.45, 2.75) is 6.92 Å².